The van der Waals surface area contributed by atoms with Crippen LogP contribution in [-0.4, -0.2) is 20.3 Å². The number of benzene rings is 4. The lowest BCUT2D eigenvalue weighted by Crippen LogP contribution is -2.27. The largest absolute Gasteiger partial charge is 0.222 e. The van der Waals surface area contributed by atoms with Crippen LogP contribution in [0.25, 0.3) is 0 Å². The van der Waals surface area contributed by atoms with Crippen LogP contribution in [-0.2, 0) is 15.4 Å². The zero-order valence-corrected chi connectivity index (χ0v) is 19.1. The fraction of sp³-hybridized carbons (Fsp3) is 0.107. The molecule has 0 aliphatic heterocycles. The Labute approximate surface area is 194 Å². The quantitative estimate of drug-likeness (QED) is 0.259. The van der Waals surface area contributed by atoms with Crippen LogP contribution in [0.1, 0.15) is 22.3 Å². The summed E-state index contributed by atoms with van der Waals surface area (Å²) in [5, 5.41) is 0. The van der Waals surface area contributed by atoms with Crippen LogP contribution < -0.4 is 0 Å². The molecule has 4 aromatic rings. The molecule has 0 unspecified atom stereocenters. The predicted molar refractivity (Wildman–Crippen MR) is 132 cm³/mol. The van der Waals surface area contributed by atoms with Crippen molar-refractivity contribution in [1.82, 2.24) is 0 Å². The summed E-state index contributed by atoms with van der Waals surface area (Å²) >= 11 is 0. The summed E-state index contributed by atoms with van der Waals surface area (Å²) in [6.07, 6.45) is 0. The van der Waals surface area contributed by atoms with Crippen molar-refractivity contribution in [1.29, 1.82) is 0 Å². The van der Waals surface area contributed by atoms with E-state index in [0.717, 1.165) is 22.3 Å². The van der Waals surface area contributed by atoms with Gasteiger partial charge >= 0.3 is 0 Å². The molecule has 5 heteroatoms. The third-order valence-electron chi connectivity index (χ3n) is 5.48. The lowest BCUT2D eigenvalue weighted by molar-refractivity contribution is 0.596. The summed E-state index contributed by atoms with van der Waals surface area (Å²) in [6, 6.07) is 39.2. The Hall–Kier alpha value is -3.79. The van der Waals surface area contributed by atoms with Gasteiger partial charge in [-0.2, -0.15) is 0 Å². The van der Waals surface area contributed by atoms with E-state index in [0.29, 0.717) is 0 Å². The first-order valence-corrected chi connectivity index (χ1v) is 12.3. The minimum absolute atomic E-state index is 0.235. The van der Waals surface area contributed by atoms with Gasteiger partial charge in [-0.25, -0.2) is 18.4 Å². The van der Waals surface area contributed by atoms with Crippen LogP contribution >= 0.6 is 0 Å². The minimum Gasteiger partial charge on any atom is -0.222 e. The molecule has 0 spiro atoms. The molecule has 0 atom stereocenters. The smallest absolute Gasteiger partial charge is 0.199 e. The molecule has 0 saturated heterocycles. The first-order chi connectivity index (χ1) is 16.0. The van der Waals surface area contributed by atoms with Crippen molar-refractivity contribution in [3.63, 3.8) is 0 Å². The number of aryl methyl sites for hydroxylation is 1. The van der Waals surface area contributed by atoms with Crippen molar-refractivity contribution >= 4 is 15.8 Å². The van der Waals surface area contributed by atoms with Gasteiger partial charge in [0.05, 0.1) is 10.9 Å². The third-order valence-corrected chi connectivity index (χ3v) is 6.94. The first-order valence-electron chi connectivity index (χ1n) is 10.6. The standard InChI is InChI=1S/C28H24N2O2S/c1-23-17-19-27(20-18-23)33(31,32)22-29-21-30-28(24-11-5-2-6-12-24,25-13-7-3-8-14-25)26-15-9-4-10-16-26/h2-20H,22H2,1H3. The highest BCUT2D eigenvalue weighted by atomic mass is 32.2. The molecule has 0 radical (unpaired) electrons. The number of aliphatic imine (C=N–C) groups is 2. The minimum atomic E-state index is -3.58. The van der Waals surface area contributed by atoms with Crippen LogP contribution in [0.4, 0.5) is 0 Å². The molecule has 0 amide bonds. The highest BCUT2D eigenvalue weighted by Gasteiger charge is 2.35. The maximum Gasteiger partial charge on any atom is 0.199 e. The van der Waals surface area contributed by atoms with E-state index >= 15 is 0 Å². The van der Waals surface area contributed by atoms with Crippen molar-refractivity contribution in [2.45, 2.75) is 17.4 Å². The lowest BCUT2D eigenvalue weighted by atomic mass is 9.77. The van der Waals surface area contributed by atoms with Gasteiger partial charge in [-0.3, -0.25) is 0 Å². The average molecular weight is 453 g/mol. The predicted octanol–water partition coefficient (Wildman–Crippen LogP) is 5.89. The molecule has 0 saturated carbocycles. The van der Waals surface area contributed by atoms with Gasteiger partial charge in [0.2, 0.25) is 0 Å². The highest BCUT2D eigenvalue weighted by molar-refractivity contribution is 7.91. The summed E-state index contributed by atoms with van der Waals surface area (Å²) in [7, 11) is -3.58. The molecule has 0 N–H and O–H groups in total. The Morgan fingerprint density at radius 1 is 0.667 bits per heavy atom. The molecular formula is C28H24N2O2S. The molecule has 0 aromatic heterocycles. The Bertz CT molecular complexity index is 1260. The number of nitrogens with zero attached hydrogens (tertiary/aromatic N) is 2. The molecule has 4 aromatic carbocycles. The lowest BCUT2D eigenvalue weighted by Gasteiger charge is -2.30. The van der Waals surface area contributed by atoms with Crippen molar-refractivity contribution in [3.8, 4) is 0 Å². The molecule has 0 bridgehead atoms. The second-order valence-electron chi connectivity index (χ2n) is 7.74. The van der Waals surface area contributed by atoms with Gasteiger partial charge in [-0.1, -0.05) is 109 Å². The third kappa shape index (κ3) is 4.85. The Balaban J connectivity index is 1.82. The van der Waals surface area contributed by atoms with E-state index < -0.39 is 21.3 Å². The van der Waals surface area contributed by atoms with E-state index in [1.807, 2.05) is 97.9 Å². The van der Waals surface area contributed by atoms with E-state index in [9.17, 15) is 8.42 Å². The van der Waals surface area contributed by atoms with Gasteiger partial charge in [-0.15, -0.1) is 0 Å². The zero-order valence-electron chi connectivity index (χ0n) is 18.3. The average Bonchev–Trinajstić information content (AvgIpc) is 2.86. The summed E-state index contributed by atoms with van der Waals surface area (Å²) in [5.74, 6) is -0.423. The normalized spacial score (nSPS) is 11.4. The summed E-state index contributed by atoms with van der Waals surface area (Å²) in [5.41, 5.74) is 2.89. The molecule has 33 heavy (non-hydrogen) atoms. The van der Waals surface area contributed by atoms with Crippen LogP contribution in [0, 0.1) is 6.92 Å². The van der Waals surface area contributed by atoms with E-state index in [1.54, 1.807) is 24.3 Å². The van der Waals surface area contributed by atoms with E-state index in [-0.39, 0.29) is 4.90 Å². The SMILES string of the molecule is Cc1ccc(S(=O)(=O)CN=C=NC(c2ccccc2)(c2ccccc2)c2ccccc2)cc1. The molecule has 4 nitrogen and oxygen atoms in total. The van der Waals surface area contributed by atoms with E-state index in [4.69, 9.17) is 4.99 Å². The molecule has 0 fully saturated rings. The van der Waals surface area contributed by atoms with Gasteiger partial charge in [0, 0.05) is 0 Å². The second kappa shape index (κ2) is 9.78. The maximum atomic E-state index is 12.7. The Morgan fingerprint density at radius 3 is 1.52 bits per heavy atom. The number of sulfone groups is 1. The molecule has 0 aliphatic carbocycles. The van der Waals surface area contributed by atoms with Gasteiger partial charge in [0.15, 0.2) is 15.7 Å². The van der Waals surface area contributed by atoms with Crippen molar-refractivity contribution in [2.24, 2.45) is 9.98 Å². The Kier molecular flexibility index (Phi) is 6.64. The van der Waals surface area contributed by atoms with Crippen LogP contribution in [0.15, 0.2) is 130 Å². The summed E-state index contributed by atoms with van der Waals surface area (Å²) in [6.45, 7) is 1.91. The molecule has 0 heterocycles. The van der Waals surface area contributed by atoms with Crippen molar-refractivity contribution in [3.05, 3.63) is 138 Å². The molecular weight excluding hydrogens is 428 g/mol. The van der Waals surface area contributed by atoms with Crippen molar-refractivity contribution < 1.29 is 8.42 Å². The van der Waals surface area contributed by atoms with Crippen molar-refractivity contribution in [2.75, 3.05) is 5.88 Å². The molecule has 164 valence electrons. The number of hydrogen-bond donors (Lipinski definition) is 0. The zero-order chi connectivity index (χ0) is 23.2. The van der Waals surface area contributed by atoms with E-state index in [1.165, 1.54) is 0 Å². The fourth-order valence-electron chi connectivity index (χ4n) is 3.78. The van der Waals surface area contributed by atoms with Gasteiger partial charge in [-0.05, 0) is 35.7 Å². The van der Waals surface area contributed by atoms with Crippen LogP contribution in [0.2, 0.25) is 0 Å². The monoisotopic (exact) mass is 452 g/mol. The second-order valence-corrected chi connectivity index (χ2v) is 9.69. The maximum absolute atomic E-state index is 12.7. The number of hydrogen-bond acceptors (Lipinski definition) is 4. The molecule has 4 rings (SSSR count). The fourth-order valence-corrected chi connectivity index (χ4v) is 4.70. The van der Waals surface area contributed by atoms with Gasteiger partial charge in [0.25, 0.3) is 0 Å². The highest BCUT2D eigenvalue weighted by Crippen LogP contribution is 2.40. The molecule has 0 aliphatic rings. The Morgan fingerprint density at radius 2 is 1.09 bits per heavy atom. The summed E-state index contributed by atoms with van der Waals surface area (Å²) in [4.78, 5) is 9.13. The number of rotatable bonds is 7. The van der Waals surface area contributed by atoms with Crippen LogP contribution in [0.3, 0.4) is 0 Å². The topological polar surface area (TPSA) is 58.9 Å². The van der Waals surface area contributed by atoms with E-state index in [2.05, 4.69) is 11.0 Å². The van der Waals surface area contributed by atoms with Crippen LogP contribution in [0.5, 0.6) is 0 Å². The van der Waals surface area contributed by atoms with Gasteiger partial charge < -0.3 is 0 Å². The summed E-state index contributed by atoms with van der Waals surface area (Å²) < 4.78 is 25.4. The van der Waals surface area contributed by atoms with Gasteiger partial charge in [0.1, 0.15) is 5.54 Å². The first kappa shape index (κ1) is 22.4.